The third-order valence-electron chi connectivity index (χ3n) is 3.08. The first-order valence-electron chi connectivity index (χ1n) is 7.20. The predicted molar refractivity (Wildman–Crippen MR) is 91.2 cm³/mol. The lowest BCUT2D eigenvalue weighted by Crippen LogP contribution is -2.13. The number of carbonyl (C=O) groups excluding carboxylic acids is 1. The summed E-state index contributed by atoms with van der Waals surface area (Å²) in [6, 6.07) is 5.39. The van der Waals surface area contributed by atoms with Gasteiger partial charge in [-0.05, 0) is 17.9 Å². The molecule has 1 aromatic carbocycles. The molecule has 23 heavy (non-hydrogen) atoms. The zero-order chi connectivity index (χ0) is 16.7. The molecule has 124 valence electrons. The maximum Gasteiger partial charge on any atom is 0.249 e. The summed E-state index contributed by atoms with van der Waals surface area (Å²) >= 11 is 1.72. The van der Waals surface area contributed by atoms with E-state index in [-0.39, 0.29) is 11.9 Å². The maximum atomic E-state index is 11.8. The molecule has 0 spiro atoms. The van der Waals surface area contributed by atoms with E-state index in [1.807, 2.05) is 6.07 Å². The van der Waals surface area contributed by atoms with Crippen molar-refractivity contribution in [1.82, 2.24) is 15.2 Å². The third-order valence-corrected chi connectivity index (χ3v) is 3.98. The van der Waals surface area contributed by atoms with E-state index in [9.17, 15) is 4.79 Å². The van der Waals surface area contributed by atoms with Gasteiger partial charge in [-0.25, -0.2) is 0 Å². The van der Waals surface area contributed by atoms with Gasteiger partial charge in [0.2, 0.25) is 11.9 Å². The van der Waals surface area contributed by atoms with Crippen molar-refractivity contribution in [2.24, 2.45) is 0 Å². The fraction of sp³-hybridized carbons (Fsp3) is 0.400. The molecule has 1 amide bonds. The lowest BCUT2D eigenvalue weighted by molar-refractivity contribution is -0.115. The number of ether oxygens (including phenoxy) is 2. The SMILES string of the molecule is CCSCCC(=O)Nc1n[nH]c(-c2ccc(OC)cc2OC)n1. The van der Waals surface area contributed by atoms with Gasteiger partial charge >= 0.3 is 0 Å². The van der Waals surface area contributed by atoms with Crippen molar-refractivity contribution >= 4 is 23.6 Å². The van der Waals surface area contributed by atoms with E-state index in [0.29, 0.717) is 23.7 Å². The molecule has 1 aromatic heterocycles. The first kappa shape index (κ1) is 17.1. The Bertz CT molecular complexity index is 660. The van der Waals surface area contributed by atoms with Crippen LogP contribution in [0.3, 0.4) is 0 Å². The number of methoxy groups -OCH3 is 2. The minimum atomic E-state index is -0.0989. The van der Waals surface area contributed by atoms with Gasteiger partial charge in [0.25, 0.3) is 0 Å². The van der Waals surface area contributed by atoms with Gasteiger partial charge in [-0.15, -0.1) is 5.10 Å². The second-order valence-electron chi connectivity index (χ2n) is 4.57. The summed E-state index contributed by atoms with van der Waals surface area (Å²) in [5.74, 6) is 3.75. The average molecular weight is 336 g/mol. The van der Waals surface area contributed by atoms with Crippen LogP contribution in [-0.2, 0) is 4.79 Å². The molecule has 0 saturated carbocycles. The highest BCUT2D eigenvalue weighted by Gasteiger charge is 2.13. The molecule has 0 unspecified atom stereocenters. The smallest absolute Gasteiger partial charge is 0.249 e. The van der Waals surface area contributed by atoms with Crippen molar-refractivity contribution in [3.63, 3.8) is 0 Å². The number of hydrogen-bond donors (Lipinski definition) is 2. The predicted octanol–water partition coefficient (Wildman–Crippen LogP) is 2.57. The summed E-state index contributed by atoms with van der Waals surface area (Å²) in [7, 11) is 3.16. The molecule has 0 aliphatic heterocycles. The molecule has 2 aromatic rings. The summed E-state index contributed by atoms with van der Waals surface area (Å²) in [5, 5.41) is 9.50. The fourth-order valence-electron chi connectivity index (χ4n) is 1.93. The second-order valence-corrected chi connectivity index (χ2v) is 5.96. The van der Waals surface area contributed by atoms with Gasteiger partial charge in [0.15, 0.2) is 5.82 Å². The van der Waals surface area contributed by atoms with Crippen LogP contribution in [0.25, 0.3) is 11.4 Å². The van der Waals surface area contributed by atoms with Crippen LogP contribution < -0.4 is 14.8 Å². The molecular weight excluding hydrogens is 316 g/mol. The third kappa shape index (κ3) is 4.62. The zero-order valence-corrected chi connectivity index (χ0v) is 14.2. The number of nitrogens with one attached hydrogen (secondary N) is 2. The second kappa shape index (κ2) is 8.42. The number of amides is 1. The highest BCUT2D eigenvalue weighted by molar-refractivity contribution is 7.99. The Kier molecular flexibility index (Phi) is 6.28. The van der Waals surface area contributed by atoms with E-state index in [1.165, 1.54) is 0 Å². The minimum Gasteiger partial charge on any atom is -0.497 e. The largest absolute Gasteiger partial charge is 0.497 e. The number of carbonyl (C=O) groups is 1. The molecule has 0 atom stereocenters. The lowest BCUT2D eigenvalue weighted by atomic mass is 10.2. The Hall–Kier alpha value is -2.22. The van der Waals surface area contributed by atoms with Gasteiger partial charge in [-0.1, -0.05) is 6.92 Å². The van der Waals surface area contributed by atoms with Crippen LogP contribution in [-0.4, -0.2) is 46.8 Å². The monoisotopic (exact) mass is 336 g/mol. The molecule has 2 N–H and O–H groups in total. The van der Waals surface area contributed by atoms with Gasteiger partial charge in [0.1, 0.15) is 11.5 Å². The first-order chi connectivity index (χ1) is 11.2. The number of rotatable bonds is 8. The van der Waals surface area contributed by atoms with Crippen molar-refractivity contribution in [2.75, 3.05) is 31.0 Å². The van der Waals surface area contributed by atoms with Crippen molar-refractivity contribution in [2.45, 2.75) is 13.3 Å². The number of benzene rings is 1. The van der Waals surface area contributed by atoms with E-state index in [4.69, 9.17) is 9.47 Å². The summed E-state index contributed by atoms with van der Waals surface area (Å²) in [5.41, 5.74) is 0.739. The first-order valence-corrected chi connectivity index (χ1v) is 8.35. The summed E-state index contributed by atoms with van der Waals surface area (Å²) in [4.78, 5) is 16.1. The molecule has 7 nitrogen and oxygen atoms in total. The normalized spacial score (nSPS) is 10.4. The van der Waals surface area contributed by atoms with E-state index >= 15 is 0 Å². The van der Waals surface area contributed by atoms with E-state index < -0.39 is 0 Å². The zero-order valence-electron chi connectivity index (χ0n) is 13.4. The van der Waals surface area contributed by atoms with Crippen molar-refractivity contribution in [3.8, 4) is 22.9 Å². The van der Waals surface area contributed by atoms with Gasteiger partial charge < -0.3 is 9.47 Å². The van der Waals surface area contributed by atoms with Gasteiger partial charge in [-0.3, -0.25) is 15.2 Å². The van der Waals surface area contributed by atoms with Crippen LogP contribution in [0.4, 0.5) is 5.95 Å². The topological polar surface area (TPSA) is 89.1 Å². The molecule has 0 fully saturated rings. The Morgan fingerprint density at radius 1 is 1.35 bits per heavy atom. The molecular formula is C15H20N4O3S. The van der Waals surface area contributed by atoms with Gasteiger partial charge in [0, 0.05) is 18.2 Å². The van der Waals surface area contributed by atoms with Crippen LogP contribution in [0.1, 0.15) is 13.3 Å². The molecule has 0 bridgehead atoms. The van der Waals surface area contributed by atoms with Crippen molar-refractivity contribution in [1.29, 1.82) is 0 Å². The summed E-state index contributed by atoms with van der Waals surface area (Å²) in [6.45, 7) is 2.06. The average Bonchev–Trinajstić information content (AvgIpc) is 3.02. The highest BCUT2D eigenvalue weighted by atomic mass is 32.2. The van der Waals surface area contributed by atoms with Crippen LogP contribution in [0.2, 0.25) is 0 Å². The van der Waals surface area contributed by atoms with Crippen molar-refractivity contribution < 1.29 is 14.3 Å². The quantitative estimate of drug-likeness (QED) is 0.720. The van der Waals surface area contributed by atoms with Gasteiger partial charge in [0.05, 0.1) is 19.8 Å². The molecule has 0 aliphatic carbocycles. The number of thioether (sulfide) groups is 1. The van der Waals surface area contributed by atoms with Crippen LogP contribution >= 0.6 is 11.8 Å². The maximum absolute atomic E-state index is 11.8. The molecule has 1 heterocycles. The molecule has 0 radical (unpaired) electrons. The minimum absolute atomic E-state index is 0.0989. The van der Waals surface area contributed by atoms with E-state index in [1.54, 1.807) is 38.1 Å². The summed E-state index contributed by atoms with van der Waals surface area (Å²) < 4.78 is 10.5. The number of nitrogens with zero attached hydrogens (tertiary/aromatic N) is 2. The lowest BCUT2D eigenvalue weighted by Gasteiger charge is -2.07. The van der Waals surface area contributed by atoms with Crippen LogP contribution in [0.5, 0.6) is 11.5 Å². The number of H-pyrrole nitrogens is 1. The Morgan fingerprint density at radius 2 is 2.17 bits per heavy atom. The number of aromatic amines is 1. The number of anilines is 1. The molecule has 2 rings (SSSR count). The molecule has 8 heteroatoms. The molecule has 0 saturated heterocycles. The fourth-order valence-corrected chi connectivity index (χ4v) is 2.55. The van der Waals surface area contributed by atoms with Crippen LogP contribution in [0, 0.1) is 0 Å². The van der Waals surface area contributed by atoms with Crippen LogP contribution in [0.15, 0.2) is 18.2 Å². The van der Waals surface area contributed by atoms with E-state index in [0.717, 1.165) is 17.1 Å². The Balaban J connectivity index is 2.08. The molecule has 0 aliphatic rings. The van der Waals surface area contributed by atoms with E-state index in [2.05, 4.69) is 27.4 Å². The van der Waals surface area contributed by atoms with Gasteiger partial charge in [-0.2, -0.15) is 16.7 Å². The summed E-state index contributed by atoms with van der Waals surface area (Å²) in [6.07, 6.45) is 0.439. The van der Waals surface area contributed by atoms with Crippen molar-refractivity contribution in [3.05, 3.63) is 18.2 Å². The number of hydrogen-bond acceptors (Lipinski definition) is 6. The Labute approximate surface area is 139 Å². The highest BCUT2D eigenvalue weighted by Crippen LogP contribution is 2.31. The Morgan fingerprint density at radius 3 is 2.87 bits per heavy atom. The number of aromatic nitrogens is 3. The standard InChI is InChI=1S/C15H20N4O3S/c1-4-23-8-7-13(20)16-15-17-14(18-19-15)11-6-5-10(21-2)9-12(11)22-3/h5-6,9H,4,7-8H2,1-3H3,(H2,16,17,18,19,20).